The maximum absolute atomic E-state index is 13.9. The van der Waals surface area contributed by atoms with E-state index in [1.807, 2.05) is 0 Å². The van der Waals surface area contributed by atoms with E-state index < -0.39 is 23.5 Å². The second-order valence-corrected chi connectivity index (χ2v) is 7.85. The van der Waals surface area contributed by atoms with Crippen molar-refractivity contribution in [2.45, 2.75) is 37.7 Å². The lowest BCUT2D eigenvalue weighted by Gasteiger charge is -2.35. The highest BCUT2D eigenvalue weighted by molar-refractivity contribution is 5.83. The Labute approximate surface area is 156 Å². The first kappa shape index (κ1) is 18.3. The number of carboxylic acid groups (broad SMARTS) is 1. The Bertz CT molecular complexity index is 747. The van der Waals surface area contributed by atoms with Crippen molar-refractivity contribution >= 4 is 11.9 Å². The molecular weight excluding hydrogens is 356 g/mol. The number of aliphatic carboxylic acids is 1. The van der Waals surface area contributed by atoms with Gasteiger partial charge in [-0.15, -0.1) is 0 Å². The highest BCUT2D eigenvalue weighted by atomic mass is 19.1. The third kappa shape index (κ3) is 3.57. The van der Waals surface area contributed by atoms with Crippen molar-refractivity contribution in [2.24, 2.45) is 17.8 Å². The van der Waals surface area contributed by atoms with E-state index in [0.29, 0.717) is 45.4 Å². The van der Waals surface area contributed by atoms with E-state index in [0.717, 1.165) is 12.1 Å². The van der Waals surface area contributed by atoms with Gasteiger partial charge in [-0.2, -0.15) is 0 Å². The number of halogens is 2. The Morgan fingerprint density at radius 2 is 1.85 bits per heavy atom. The van der Waals surface area contributed by atoms with Crippen molar-refractivity contribution in [1.29, 1.82) is 0 Å². The van der Waals surface area contributed by atoms with Crippen molar-refractivity contribution in [3.05, 3.63) is 35.4 Å². The first-order valence-corrected chi connectivity index (χ1v) is 9.54. The molecule has 3 aliphatic rings. The van der Waals surface area contributed by atoms with E-state index in [1.54, 1.807) is 4.90 Å². The van der Waals surface area contributed by atoms with Gasteiger partial charge in [-0.3, -0.25) is 9.59 Å². The zero-order valence-corrected chi connectivity index (χ0v) is 14.9. The van der Waals surface area contributed by atoms with Crippen LogP contribution < -0.4 is 0 Å². The smallest absolute Gasteiger partial charge is 0.309 e. The van der Waals surface area contributed by atoms with E-state index in [2.05, 4.69) is 0 Å². The van der Waals surface area contributed by atoms with Crippen LogP contribution in [0.15, 0.2) is 18.2 Å². The van der Waals surface area contributed by atoms with Gasteiger partial charge in [0.2, 0.25) is 5.91 Å². The molecule has 1 aromatic carbocycles. The van der Waals surface area contributed by atoms with Crippen LogP contribution in [0.25, 0.3) is 0 Å². The standard InChI is InChI=1S/C20H23F2NO4/c21-12-1-2-17(22)15(9-12)14-10-16(14)19(24)23-6-3-11(4-7-23)18-13(20(25)26)5-8-27-18/h1-2,9,11,13-14,16,18H,3-8,10H2,(H,25,26)/t13?,14?,16?,18-/m0/s1. The van der Waals surface area contributed by atoms with Gasteiger partial charge >= 0.3 is 5.97 Å². The predicted molar refractivity (Wildman–Crippen MR) is 92.0 cm³/mol. The first-order valence-electron chi connectivity index (χ1n) is 9.54. The number of hydrogen-bond acceptors (Lipinski definition) is 3. The molecule has 146 valence electrons. The molecule has 4 rings (SSSR count). The molecule has 1 saturated carbocycles. The lowest BCUT2D eigenvalue weighted by atomic mass is 9.84. The number of rotatable bonds is 4. The number of amides is 1. The summed E-state index contributed by atoms with van der Waals surface area (Å²) < 4.78 is 33.0. The summed E-state index contributed by atoms with van der Waals surface area (Å²) in [6.45, 7) is 1.60. The third-order valence-electron chi connectivity index (χ3n) is 6.23. The topological polar surface area (TPSA) is 66.8 Å². The van der Waals surface area contributed by atoms with Crippen LogP contribution in [-0.4, -0.2) is 47.7 Å². The van der Waals surface area contributed by atoms with Crippen molar-refractivity contribution in [2.75, 3.05) is 19.7 Å². The molecule has 0 spiro atoms. The normalized spacial score (nSPS) is 31.1. The third-order valence-corrected chi connectivity index (χ3v) is 6.23. The number of carbonyl (C=O) groups is 2. The average Bonchev–Trinajstić information content (AvgIpc) is 3.29. The Morgan fingerprint density at radius 1 is 1.11 bits per heavy atom. The molecule has 2 heterocycles. The molecule has 1 aliphatic carbocycles. The van der Waals surface area contributed by atoms with E-state index in [-0.39, 0.29) is 35.3 Å². The Kier molecular flexibility index (Phi) is 4.88. The zero-order valence-electron chi connectivity index (χ0n) is 14.9. The van der Waals surface area contributed by atoms with Gasteiger partial charge in [-0.05, 0) is 61.3 Å². The lowest BCUT2D eigenvalue weighted by molar-refractivity contribution is -0.146. The van der Waals surface area contributed by atoms with Gasteiger partial charge in [0.1, 0.15) is 11.6 Å². The summed E-state index contributed by atoms with van der Waals surface area (Å²) in [5.41, 5.74) is 0.284. The van der Waals surface area contributed by atoms with E-state index in [9.17, 15) is 23.5 Å². The minimum atomic E-state index is -0.811. The number of carbonyl (C=O) groups excluding carboxylic acids is 1. The average molecular weight is 379 g/mol. The van der Waals surface area contributed by atoms with Crippen LogP contribution in [-0.2, 0) is 14.3 Å². The van der Waals surface area contributed by atoms with Crippen LogP contribution in [0.3, 0.4) is 0 Å². The summed E-state index contributed by atoms with van der Waals surface area (Å²) in [6, 6.07) is 3.37. The minimum Gasteiger partial charge on any atom is -0.481 e. The quantitative estimate of drug-likeness (QED) is 0.874. The first-order chi connectivity index (χ1) is 13.0. The molecule has 1 N–H and O–H groups in total. The van der Waals surface area contributed by atoms with Gasteiger partial charge < -0.3 is 14.7 Å². The lowest BCUT2D eigenvalue weighted by Crippen LogP contribution is -2.44. The summed E-state index contributed by atoms with van der Waals surface area (Å²) in [7, 11) is 0. The van der Waals surface area contributed by atoms with Gasteiger partial charge in [0.25, 0.3) is 0 Å². The van der Waals surface area contributed by atoms with Crippen LogP contribution in [0.4, 0.5) is 8.78 Å². The molecule has 1 amide bonds. The molecule has 4 atom stereocenters. The molecule has 2 aliphatic heterocycles. The Morgan fingerprint density at radius 3 is 2.56 bits per heavy atom. The van der Waals surface area contributed by atoms with Gasteiger partial charge in [0.15, 0.2) is 0 Å². The maximum Gasteiger partial charge on any atom is 0.309 e. The number of hydrogen-bond donors (Lipinski definition) is 1. The van der Waals surface area contributed by atoms with Crippen LogP contribution >= 0.6 is 0 Å². The van der Waals surface area contributed by atoms with Gasteiger partial charge in [0, 0.05) is 25.6 Å². The molecule has 3 fully saturated rings. The monoisotopic (exact) mass is 379 g/mol. The summed E-state index contributed by atoms with van der Waals surface area (Å²) in [6.07, 6.45) is 2.25. The number of benzene rings is 1. The molecule has 3 unspecified atom stereocenters. The summed E-state index contributed by atoms with van der Waals surface area (Å²) in [4.78, 5) is 25.9. The largest absolute Gasteiger partial charge is 0.481 e. The van der Waals surface area contributed by atoms with Gasteiger partial charge in [0.05, 0.1) is 12.0 Å². The van der Waals surface area contributed by atoms with Crippen LogP contribution in [0.2, 0.25) is 0 Å². The fraction of sp³-hybridized carbons (Fsp3) is 0.600. The predicted octanol–water partition coefficient (Wildman–Crippen LogP) is 2.80. The second-order valence-electron chi connectivity index (χ2n) is 7.85. The van der Waals surface area contributed by atoms with E-state index in [4.69, 9.17) is 4.74 Å². The van der Waals surface area contributed by atoms with Crippen molar-refractivity contribution in [3.8, 4) is 0 Å². The highest BCUT2D eigenvalue weighted by Gasteiger charge is 2.48. The second kappa shape index (κ2) is 7.19. The molecular formula is C20H23F2NO4. The number of nitrogens with zero attached hydrogens (tertiary/aromatic N) is 1. The van der Waals surface area contributed by atoms with Crippen molar-refractivity contribution in [3.63, 3.8) is 0 Å². The number of likely N-dealkylation sites (tertiary alicyclic amines) is 1. The molecule has 1 aromatic rings. The summed E-state index contributed by atoms with van der Waals surface area (Å²) >= 11 is 0. The molecule has 27 heavy (non-hydrogen) atoms. The van der Waals surface area contributed by atoms with Gasteiger partial charge in [-0.25, -0.2) is 8.78 Å². The molecule has 0 aromatic heterocycles. The van der Waals surface area contributed by atoms with E-state index in [1.165, 1.54) is 6.07 Å². The molecule has 0 bridgehead atoms. The molecule has 5 nitrogen and oxygen atoms in total. The highest BCUT2D eigenvalue weighted by Crippen LogP contribution is 2.49. The zero-order chi connectivity index (χ0) is 19.1. The van der Waals surface area contributed by atoms with E-state index >= 15 is 0 Å². The van der Waals surface area contributed by atoms with Gasteiger partial charge in [-0.1, -0.05) is 0 Å². The number of ether oxygens (including phenoxy) is 1. The Hall–Kier alpha value is -2.02. The number of piperidine rings is 1. The van der Waals surface area contributed by atoms with Crippen LogP contribution in [0.1, 0.15) is 37.2 Å². The SMILES string of the molecule is O=C(O)C1CCO[C@H]1C1CCN(C(=O)C2CC2c2cc(F)ccc2F)CC1. The van der Waals surface area contributed by atoms with Crippen molar-refractivity contribution < 1.29 is 28.2 Å². The van der Waals surface area contributed by atoms with Crippen LogP contribution in [0, 0.1) is 29.4 Å². The number of carboxylic acids is 1. The van der Waals surface area contributed by atoms with Crippen molar-refractivity contribution in [1.82, 2.24) is 4.90 Å². The fourth-order valence-corrected chi connectivity index (χ4v) is 4.63. The minimum absolute atomic E-state index is 0.00997. The maximum atomic E-state index is 13.9. The van der Waals surface area contributed by atoms with Crippen LogP contribution in [0.5, 0.6) is 0 Å². The molecule has 0 radical (unpaired) electrons. The molecule has 2 saturated heterocycles. The summed E-state index contributed by atoms with van der Waals surface area (Å²) in [5, 5.41) is 9.31. The Balaban J connectivity index is 1.33. The molecule has 7 heteroatoms. The summed E-state index contributed by atoms with van der Waals surface area (Å²) in [5.74, 6) is -2.62. The fourth-order valence-electron chi connectivity index (χ4n) is 4.63.